The lowest BCUT2D eigenvalue weighted by Gasteiger charge is -2.36. The van der Waals surface area contributed by atoms with Crippen LogP contribution in [0.3, 0.4) is 0 Å². The lowest BCUT2D eigenvalue weighted by Crippen LogP contribution is -2.47. The van der Waals surface area contributed by atoms with Gasteiger partial charge in [-0.3, -0.25) is 15.2 Å². The standard InChI is InChI=1S/C29H30N4O2/c1-22-13-14-26-27(30-22)11-6-12-28(26)33-19-17-32(18-20-33)16-15-23-7-5-10-25(21-23)35-29(34)31-24-8-3-2-4-9-24/h2-14,21H,15-20H2,1H3,(H,31,34). The summed E-state index contributed by atoms with van der Waals surface area (Å²) in [5.74, 6) is 0.556. The minimum atomic E-state index is -0.483. The Balaban J connectivity index is 1.13. The monoisotopic (exact) mass is 466 g/mol. The molecular formula is C29H30N4O2. The highest BCUT2D eigenvalue weighted by Gasteiger charge is 2.19. The van der Waals surface area contributed by atoms with Gasteiger partial charge < -0.3 is 9.64 Å². The number of carbonyl (C=O) groups excluding carboxylic acids is 1. The maximum atomic E-state index is 12.2. The third-order valence-corrected chi connectivity index (χ3v) is 6.41. The smallest absolute Gasteiger partial charge is 0.410 e. The van der Waals surface area contributed by atoms with Gasteiger partial charge in [-0.25, -0.2) is 4.79 Å². The van der Waals surface area contributed by atoms with Crippen molar-refractivity contribution in [3.63, 3.8) is 0 Å². The predicted octanol–water partition coefficient (Wildman–Crippen LogP) is 5.52. The van der Waals surface area contributed by atoms with E-state index < -0.39 is 6.09 Å². The first kappa shape index (κ1) is 22.9. The molecule has 1 aliphatic heterocycles. The van der Waals surface area contributed by atoms with E-state index >= 15 is 0 Å². The normalized spacial score (nSPS) is 14.1. The molecule has 1 aliphatic rings. The Bertz CT molecular complexity index is 1300. The average molecular weight is 467 g/mol. The van der Waals surface area contributed by atoms with Crippen molar-refractivity contribution in [3.8, 4) is 5.75 Å². The number of anilines is 2. The van der Waals surface area contributed by atoms with E-state index in [1.54, 1.807) is 0 Å². The van der Waals surface area contributed by atoms with Gasteiger partial charge in [-0.05, 0) is 67.4 Å². The number of nitrogens with one attached hydrogen (secondary N) is 1. The molecule has 6 nitrogen and oxygen atoms in total. The zero-order chi connectivity index (χ0) is 24.0. The van der Waals surface area contributed by atoms with Crippen molar-refractivity contribution >= 4 is 28.4 Å². The van der Waals surface area contributed by atoms with Crippen molar-refractivity contribution in [3.05, 3.63) is 96.2 Å². The van der Waals surface area contributed by atoms with Crippen LogP contribution in [0.5, 0.6) is 5.75 Å². The molecular weight excluding hydrogens is 436 g/mol. The SMILES string of the molecule is Cc1ccc2c(N3CCN(CCc4cccc(OC(=O)Nc5ccccc5)c4)CC3)cccc2n1. The second kappa shape index (κ2) is 10.6. The van der Waals surface area contributed by atoms with E-state index in [0.29, 0.717) is 11.4 Å². The molecule has 4 aromatic rings. The molecule has 1 saturated heterocycles. The van der Waals surface area contributed by atoms with Gasteiger partial charge >= 0.3 is 6.09 Å². The van der Waals surface area contributed by atoms with E-state index in [9.17, 15) is 4.79 Å². The first-order valence-electron chi connectivity index (χ1n) is 12.1. The number of piperazine rings is 1. The summed E-state index contributed by atoms with van der Waals surface area (Å²) in [7, 11) is 0. The molecule has 5 rings (SSSR count). The number of amides is 1. The second-order valence-electron chi connectivity index (χ2n) is 8.90. The van der Waals surface area contributed by atoms with Gasteiger partial charge in [-0.15, -0.1) is 0 Å². The minimum Gasteiger partial charge on any atom is -0.410 e. The highest BCUT2D eigenvalue weighted by molar-refractivity contribution is 5.92. The fourth-order valence-corrected chi connectivity index (χ4v) is 4.55. The summed E-state index contributed by atoms with van der Waals surface area (Å²) in [6.45, 7) is 7.04. The molecule has 0 aliphatic carbocycles. The van der Waals surface area contributed by atoms with Gasteiger partial charge in [0.1, 0.15) is 5.75 Å². The largest absolute Gasteiger partial charge is 0.417 e. The van der Waals surface area contributed by atoms with Crippen molar-refractivity contribution in [1.29, 1.82) is 0 Å². The van der Waals surface area contributed by atoms with Crippen LogP contribution in [0.4, 0.5) is 16.2 Å². The molecule has 2 heterocycles. The number of ether oxygens (including phenoxy) is 1. The molecule has 1 fully saturated rings. The molecule has 0 radical (unpaired) electrons. The Morgan fingerprint density at radius 3 is 2.54 bits per heavy atom. The van der Waals surface area contributed by atoms with E-state index in [-0.39, 0.29) is 0 Å². The zero-order valence-electron chi connectivity index (χ0n) is 20.0. The van der Waals surface area contributed by atoms with Crippen LogP contribution in [0.25, 0.3) is 10.9 Å². The molecule has 0 atom stereocenters. The van der Waals surface area contributed by atoms with Gasteiger partial charge in [0.15, 0.2) is 0 Å². The minimum absolute atomic E-state index is 0.483. The van der Waals surface area contributed by atoms with E-state index in [2.05, 4.69) is 56.5 Å². The number of fused-ring (bicyclic) bond motifs is 1. The Kier molecular flexibility index (Phi) is 6.91. The van der Waals surface area contributed by atoms with Gasteiger partial charge in [0.25, 0.3) is 0 Å². The quantitative estimate of drug-likeness (QED) is 0.406. The van der Waals surface area contributed by atoms with Gasteiger partial charge in [0, 0.05) is 55.2 Å². The third-order valence-electron chi connectivity index (χ3n) is 6.41. The number of hydrogen-bond donors (Lipinski definition) is 1. The van der Waals surface area contributed by atoms with E-state index in [4.69, 9.17) is 4.74 Å². The maximum Gasteiger partial charge on any atom is 0.417 e. The lowest BCUT2D eigenvalue weighted by molar-refractivity contribution is 0.215. The van der Waals surface area contributed by atoms with Crippen LogP contribution in [0.2, 0.25) is 0 Å². The maximum absolute atomic E-state index is 12.2. The summed E-state index contributed by atoms with van der Waals surface area (Å²) < 4.78 is 5.48. The Hall–Kier alpha value is -3.90. The van der Waals surface area contributed by atoms with E-state index in [1.807, 2.05) is 55.5 Å². The highest BCUT2D eigenvalue weighted by atomic mass is 16.6. The summed E-state index contributed by atoms with van der Waals surface area (Å²) in [5, 5.41) is 3.97. The molecule has 6 heteroatoms. The number of aryl methyl sites for hydroxylation is 1. The highest BCUT2D eigenvalue weighted by Crippen LogP contribution is 2.27. The van der Waals surface area contributed by atoms with E-state index in [1.165, 1.54) is 11.1 Å². The number of benzene rings is 3. The number of aromatic nitrogens is 1. The summed E-state index contributed by atoms with van der Waals surface area (Å²) in [5.41, 5.74) is 5.25. The molecule has 0 bridgehead atoms. The van der Waals surface area contributed by atoms with Crippen LogP contribution in [0, 0.1) is 6.92 Å². The molecule has 35 heavy (non-hydrogen) atoms. The van der Waals surface area contributed by atoms with Crippen molar-refractivity contribution in [2.75, 3.05) is 42.9 Å². The fourth-order valence-electron chi connectivity index (χ4n) is 4.55. The molecule has 1 amide bonds. The summed E-state index contributed by atoms with van der Waals surface area (Å²) >= 11 is 0. The number of carbonyl (C=O) groups is 1. The Morgan fingerprint density at radius 2 is 1.71 bits per heavy atom. The van der Waals surface area contributed by atoms with Gasteiger partial charge in [-0.1, -0.05) is 36.4 Å². The Labute approximate surface area is 206 Å². The molecule has 3 aromatic carbocycles. The molecule has 1 N–H and O–H groups in total. The van der Waals surface area contributed by atoms with Crippen LogP contribution in [-0.2, 0) is 6.42 Å². The molecule has 1 aromatic heterocycles. The average Bonchev–Trinajstić information content (AvgIpc) is 2.88. The van der Waals surface area contributed by atoms with Gasteiger partial charge in [0.05, 0.1) is 5.52 Å². The fraction of sp³-hybridized carbons (Fsp3) is 0.241. The van der Waals surface area contributed by atoms with Crippen LogP contribution in [0.1, 0.15) is 11.3 Å². The Morgan fingerprint density at radius 1 is 0.914 bits per heavy atom. The molecule has 178 valence electrons. The predicted molar refractivity (Wildman–Crippen MR) is 141 cm³/mol. The molecule has 0 saturated carbocycles. The summed E-state index contributed by atoms with van der Waals surface area (Å²) in [4.78, 5) is 21.8. The molecule has 0 spiro atoms. The second-order valence-corrected chi connectivity index (χ2v) is 8.90. The third kappa shape index (κ3) is 5.78. The van der Waals surface area contributed by atoms with Crippen LogP contribution in [0.15, 0.2) is 84.9 Å². The van der Waals surface area contributed by atoms with Crippen LogP contribution < -0.4 is 15.0 Å². The molecule has 0 unspecified atom stereocenters. The lowest BCUT2D eigenvalue weighted by atomic mass is 10.1. The number of nitrogens with zero attached hydrogens (tertiary/aromatic N) is 3. The van der Waals surface area contributed by atoms with Crippen molar-refractivity contribution in [2.24, 2.45) is 0 Å². The van der Waals surface area contributed by atoms with Gasteiger partial charge in [-0.2, -0.15) is 0 Å². The zero-order valence-corrected chi connectivity index (χ0v) is 20.0. The number of pyridine rings is 1. The van der Waals surface area contributed by atoms with Gasteiger partial charge in [0.2, 0.25) is 0 Å². The number of rotatable bonds is 6. The topological polar surface area (TPSA) is 57.7 Å². The van der Waals surface area contributed by atoms with Crippen molar-refractivity contribution < 1.29 is 9.53 Å². The number of para-hydroxylation sites is 1. The van der Waals surface area contributed by atoms with Crippen LogP contribution >= 0.6 is 0 Å². The van der Waals surface area contributed by atoms with Crippen molar-refractivity contribution in [1.82, 2.24) is 9.88 Å². The summed E-state index contributed by atoms with van der Waals surface area (Å²) in [6, 6.07) is 27.8. The van der Waals surface area contributed by atoms with E-state index in [0.717, 1.165) is 55.9 Å². The first-order valence-corrected chi connectivity index (χ1v) is 12.1. The first-order chi connectivity index (χ1) is 17.1. The van der Waals surface area contributed by atoms with Crippen LogP contribution in [-0.4, -0.2) is 48.7 Å². The number of hydrogen-bond acceptors (Lipinski definition) is 5. The summed E-state index contributed by atoms with van der Waals surface area (Å²) in [6.07, 6.45) is 0.429. The van der Waals surface area contributed by atoms with Crippen molar-refractivity contribution in [2.45, 2.75) is 13.3 Å².